The maximum Gasteiger partial charge on any atom is 0.193 e. The van der Waals surface area contributed by atoms with Crippen molar-refractivity contribution in [2.24, 2.45) is 10.9 Å². The second-order valence-electron chi connectivity index (χ2n) is 6.91. The number of aliphatic imine (C=N–C) groups is 1. The number of nitrogens with one attached hydrogen (secondary N) is 1. The van der Waals surface area contributed by atoms with Gasteiger partial charge in [0.2, 0.25) is 0 Å². The summed E-state index contributed by atoms with van der Waals surface area (Å²) >= 11 is 0. The van der Waals surface area contributed by atoms with Gasteiger partial charge in [0.25, 0.3) is 0 Å². The molecule has 0 bridgehead atoms. The normalized spacial score (nSPS) is 15.0. The lowest BCUT2D eigenvalue weighted by atomic mass is 9.96. The molecular formula is C22H33N3O3. The van der Waals surface area contributed by atoms with Gasteiger partial charge in [-0.25, -0.2) is 4.99 Å². The van der Waals surface area contributed by atoms with E-state index in [9.17, 15) is 0 Å². The van der Waals surface area contributed by atoms with Gasteiger partial charge in [-0.15, -0.1) is 6.42 Å². The zero-order chi connectivity index (χ0) is 20.2. The van der Waals surface area contributed by atoms with E-state index in [2.05, 4.69) is 30.1 Å². The van der Waals surface area contributed by atoms with Crippen LogP contribution < -0.4 is 14.8 Å². The van der Waals surface area contributed by atoms with Crippen LogP contribution in [0.5, 0.6) is 11.5 Å². The van der Waals surface area contributed by atoms with E-state index in [1.54, 1.807) is 7.11 Å². The molecular weight excluding hydrogens is 354 g/mol. The Labute approximate surface area is 169 Å². The maximum absolute atomic E-state index is 5.58. The lowest BCUT2D eigenvalue weighted by Gasteiger charge is -2.26. The highest BCUT2D eigenvalue weighted by atomic mass is 16.5. The van der Waals surface area contributed by atoms with Crippen molar-refractivity contribution >= 4 is 5.96 Å². The molecule has 0 aromatic heterocycles. The fourth-order valence-corrected chi connectivity index (χ4v) is 3.20. The average molecular weight is 388 g/mol. The van der Waals surface area contributed by atoms with Gasteiger partial charge in [0.05, 0.1) is 13.7 Å². The standard InChI is InChI=1S/C22H33N3O3/c1-5-13-28-21-16-19(7-8-20(21)26-4)17-24-22(23-6-2)25(3)12-9-18-10-14-27-15-11-18/h1,7-8,16,18H,6,9-15,17H2,2-4H3,(H,23,24). The third-order valence-corrected chi connectivity index (χ3v) is 4.86. The molecule has 0 radical (unpaired) electrons. The van der Waals surface area contributed by atoms with Gasteiger partial charge in [0.15, 0.2) is 17.5 Å². The molecule has 28 heavy (non-hydrogen) atoms. The van der Waals surface area contributed by atoms with E-state index in [4.69, 9.17) is 25.6 Å². The van der Waals surface area contributed by atoms with Crippen LogP contribution in [0.15, 0.2) is 23.2 Å². The van der Waals surface area contributed by atoms with E-state index in [1.807, 2.05) is 18.2 Å². The van der Waals surface area contributed by atoms with Crippen molar-refractivity contribution in [3.8, 4) is 23.8 Å². The summed E-state index contributed by atoms with van der Waals surface area (Å²) in [7, 11) is 3.71. The molecule has 6 nitrogen and oxygen atoms in total. The maximum atomic E-state index is 5.58. The van der Waals surface area contributed by atoms with Crippen LogP contribution in [0.2, 0.25) is 0 Å². The first-order chi connectivity index (χ1) is 13.7. The highest BCUT2D eigenvalue weighted by Gasteiger charge is 2.15. The minimum Gasteiger partial charge on any atom is -0.493 e. The van der Waals surface area contributed by atoms with Gasteiger partial charge in [0, 0.05) is 33.4 Å². The second kappa shape index (κ2) is 12.1. The SMILES string of the molecule is C#CCOc1cc(CN=C(NCC)N(C)CCC2CCOCC2)ccc1OC. The fourth-order valence-electron chi connectivity index (χ4n) is 3.20. The third kappa shape index (κ3) is 6.97. The number of hydrogen-bond donors (Lipinski definition) is 1. The molecule has 1 heterocycles. The Morgan fingerprint density at radius 3 is 2.82 bits per heavy atom. The average Bonchev–Trinajstić information content (AvgIpc) is 2.74. The van der Waals surface area contributed by atoms with E-state index in [0.717, 1.165) is 63.0 Å². The smallest absolute Gasteiger partial charge is 0.193 e. The molecule has 1 fully saturated rings. The predicted molar refractivity (Wildman–Crippen MR) is 113 cm³/mol. The summed E-state index contributed by atoms with van der Waals surface area (Å²) < 4.78 is 16.4. The van der Waals surface area contributed by atoms with Gasteiger partial charge in [0.1, 0.15) is 6.61 Å². The Morgan fingerprint density at radius 2 is 2.14 bits per heavy atom. The first-order valence-corrected chi connectivity index (χ1v) is 9.98. The lowest BCUT2D eigenvalue weighted by molar-refractivity contribution is 0.0625. The van der Waals surface area contributed by atoms with E-state index in [-0.39, 0.29) is 6.61 Å². The molecule has 1 aliphatic heterocycles. The molecule has 154 valence electrons. The summed E-state index contributed by atoms with van der Waals surface area (Å²) in [4.78, 5) is 7.00. The largest absolute Gasteiger partial charge is 0.493 e. The van der Waals surface area contributed by atoms with Crippen LogP contribution >= 0.6 is 0 Å². The van der Waals surface area contributed by atoms with E-state index >= 15 is 0 Å². The molecule has 1 N–H and O–H groups in total. The van der Waals surface area contributed by atoms with Crippen molar-refractivity contribution in [3.63, 3.8) is 0 Å². The predicted octanol–water partition coefficient (Wildman–Crippen LogP) is 2.92. The number of nitrogens with zero attached hydrogens (tertiary/aromatic N) is 2. The molecule has 1 aliphatic rings. The summed E-state index contributed by atoms with van der Waals surface area (Å²) in [6.45, 7) is 6.45. The molecule has 0 spiro atoms. The molecule has 0 atom stereocenters. The highest BCUT2D eigenvalue weighted by molar-refractivity contribution is 5.79. The summed E-state index contributed by atoms with van der Waals surface area (Å²) in [6, 6.07) is 5.82. The van der Waals surface area contributed by atoms with E-state index < -0.39 is 0 Å². The summed E-state index contributed by atoms with van der Waals surface area (Å²) in [6.07, 6.45) is 8.78. The second-order valence-corrected chi connectivity index (χ2v) is 6.91. The molecule has 0 unspecified atom stereocenters. The van der Waals surface area contributed by atoms with Crippen LogP contribution in [-0.4, -0.2) is 57.9 Å². The summed E-state index contributed by atoms with van der Waals surface area (Å²) in [5, 5.41) is 3.38. The van der Waals surface area contributed by atoms with Gasteiger partial charge in [-0.3, -0.25) is 0 Å². The Kier molecular flexibility index (Phi) is 9.50. The van der Waals surface area contributed by atoms with Crippen LogP contribution in [0.25, 0.3) is 0 Å². The molecule has 2 rings (SSSR count). The third-order valence-electron chi connectivity index (χ3n) is 4.86. The molecule has 0 saturated carbocycles. The zero-order valence-electron chi connectivity index (χ0n) is 17.4. The highest BCUT2D eigenvalue weighted by Crippen LogP contribution is 2.28. The summed E-state index contributed by atoms with van der Waals surface area (Å²) in [5.41, 5.74) is 1.04. The van der Waals surface area contributed by atoms with Crippen molar-refractivity contribution in [2.45, 2.75) is 32.7 Å². The first-order valence-electron chi connectivity index (χ1n) is 9.98. The van der Waals surface area contributed by atoms with Crippen LogP contribution in [0.1, 0.15) is 31.7 Å². The lowest BCUT2D eigenvalue weighted by Crippen LogP contribution is -2.40. The number of methoxy groups -OCH3 is 1. The molecule has 6 heteroatoms. The molecule has 0 amide bonds. The van der Waals surface area contributed by atoms with Crippen molar-refractivity contribution in [2.75, 3.05) is 47.1 Å². The van der Waals surface area contributed by atoms with Crippen molar-refractivity contribution in [3.05, 3.63) is 23.8 Å². The van der Waals surface area contributed by atoms with Crippen molar-refractivity contribution < 1.29 is 14.2 Å². The van der Waals surface area contributed by atoms with Gasteiger partial charge in [-0.2, -0.15) is 0 Å². The molecule has 1 aromatic rings. The monoisotopic (exact) mass is 387 g/mol. The van der Waals surface area contributed by atoms with E-state index in [1.165, 1.54) is 0 Å². The Bertz CT molecular complexity index is 663. The van der Waals surface area contributed by atoms with Crippen molar-refractivity contribution in [1.82, 2.24) is 10.2 Å². The molecule has 1 saturated heterocycles. The Morgan fingerprint density at radius 1 is 1.36 bits per heavy atom. The van der Waals surface area contributed by atoms with Crippen LogP contribution in [0, 0.1) is 18.3 Å². The number of terminal acetylenes is 1. The molecule has 1 aromatic carbocycles. The quantitative estimate of drug-likeness (QED) is 0.401. The van der Waals surface area contributed by atoms with Crippen molar-refractivity contribution in [1.29, 1.82) is 0 Å². The first kappa shape index (κ1) is 21.9. The number of rotatable bonds is 9. The topological polar surface area (TPSA) is 55.3 Å². The van der Waals surface area contributed by atoms with Crippen LogP contribution in [0.4, 0.5) is 0 Å². The van der Waals surface area contributed by atoms with E-state index in [0.29, 0.717) is 18.0 Å². The van der Waals surface area contributed by atoms with Crippen LogP contribution in [-0.2, 0) is 11.3 Å². The van der Waals surface area contributed by atoms with Gasteiger partial charge < -0.3 is 24.4 Å². The molecule has 0 aliphatic carbocycles. The van der Waals surface area contributed by atoms with Gasteiger partial charge >= 0.3 is 0 Å². The minimum absolute atomic E-state index is 0.209. The number of guanidine groups is 1. The fraction of sp³-hybridized carbons (Fsp3) is 0.591. The van der Waals surface area contributed by atoms with Crippen LogP contribution in [0.3, 0.4) is 0 Å². The Balaban J connectivity index is 1.99. The van der Waals surface area contributed by atoms with Gasteiger partial charge in [-0.1, -0.05) is 12.0 Å². The number of benzene rings is 1. The van der Waals surface area contributed by atoms with Gasteiger partial charge in [-0.05, 0) is 49.8 Å². The number of ether oxygens (including phenoxy) is 3. The minimum atomic E-state index is 0.209. The number of hydrogen-bond acceptors (Lipinski definition) is 4. The summed E-state index contributed by atoms with van der Waals surface area (Å²) in [5.74, 6) is 5.45. The Hall–Kier alpha value is -2.39. The zero-order valence-corrected chi connectivity index (χ0v) is 17.4.